The van der Waals surface area contributed by atoms with E-state index in [1.165, 1.54) is 11.3 Å². The molecule has 0 radical (unpaired) electrons. The number of hydrogen-bond acceptors (Lipinski definition) is 4. The van der Waals surface area contributed by atoms with E-state index in [2.05, 4.69) is 16.8 Å². The number of amides is 1. The molecule has 1 amide bonds. The molecular weight excluding hydrogens is 302 g/mol. The van der Waals surface area contributed by atoms with E-state index < -0.39 is 0 Å². The minimum Gasteiger partial charge on any atom is -0.497 e. The van der Waals surface area contributed by atoms with Crippen LogP contribution in [0.5, 0.6) is 5.75 Å². The van der Waals surface area contributed by atoms with Gasteiger partial charge < -0.3 is 10.1 Å². The van der Waals surface area contributed by atoms with Crippen LogP contribution < -0.4 is 10.1 Å². The summed E-state index contributed by atoms with van der Waals surface area (Å²) in [4.78, 5) is 14.0. The van der Waals surface area contributed by atoms with Gasteiger partial charge in [-0.05, 0) is 53.2 Å². The van der Waals surface area contributed by atoms with Crippen molar-refractivity contribution in [3.8, 4) is 16.2 Å². The fraction of sp³-hybridized carbons (Fsp3) is 0.0625. The third kappa shape index (κ3) is 3.15. The standard InChI is InChI=1S/C16H13NO2S2/c1-19-13-4-2-12(3-5-13)17-16(18)15-7-6-14(21-15)11-8-9-20-10-11/h2-10H,1H3,(H,17,18). The molecule has 0 unspecified atom stereocenters. The summed E-state index contributed by atoms with van der Waals surface area (Å²) in [5.74, 6) is 0.676. The fourth-order valence-corrected chi connectivity index (χ4v) is 3.51. The lowest BCUT2D eigenvalue weighted by molar-refractivity contribution is 0.103. The van der Waals surface area contributed by atoms with Crippen LogP contribution >= 0.6 is 22.7 Å². The molecule has 21 heavy (non-hydrogen) atoms. The lowest BCUT2D eigenvalue weighted by atomic mass is 10.3. The first-order valence-corrected chi connectivity index (χ1v) is 8.10. The highest BCUT2D eigenvalue weighted by Gasteiger charge is 2.10. The van der Waals surface area contributed by atoms with Crippen molar-refractivity contribution in [1.82, 2.24) is 0 Å². The fourth-order valence-electron chi connectivity index (χ4n) is 1.89. The Morgan fingerprint density at radius 2 is 1.90 bits per heavy atom. The number of benzene rings is 1. The molecule has 2 aromatic heterocycles. The third-order valence-corrected chi connectivity index (χ3v) is 4.80. The largest absolute Gasteiger partial charge is 0.497 e. The van der Waals surface area contributed by atoms with Crippen LogP contribution in [0.2, 0.25) is 0 Å². The summed E-state index contributed by atoms with van der Waals surface area (Å²) < 4.78 is 5.09. The Kier molecular flexibility index (Phi) is 4.03. The summed E-state index contributed by atoms with van der Waals surface area (Å²) in [6.07, 6.45) is 0. The average molecular weight is 315 g/mol. The summed E-state index contributed by atoms with van der Waals surface area (Å²) >= 11 is 3.15. The minimum absolute atomic E-state index is 0.0911. The second kappa shape index (κ2) is 6.11. The summed E-state index contributed by atoms with van der Waals surface area (Å²) in [5.41, 5.74) is 1.92. The monoisotopic (exact) mass is 315 g/mol. The molecule has 3 rings (SSSR count). The second-order valence-corrected chi connectivity index (χ2v) is 6.22. The summed E-state index contributed by atoms with van der Waals surface area (Å²) in [5, 5.41) is 7.00. The van der Waals surface area contributed by atoms with Gasteiger partial charge in [0, 0.05) is 16.1 Å². The molecule has 1 aromatic carbocycles. The van der Waals surface area contributed by atoms with Crippen molar-refractivity contribution in [2.75, 3.05) is 12.4 Å². The lowest BCUT2D eigenvalue weighted by Crippen LogP contribution is -2.09. The van der Waals surface area contributed by atoms with Gasteiger partial charge in [-0.15, -0.1) is 11.3 Å². The van der Waals surface area contributed by atoms with Crippen LogP contribution in [0.25, 0.3) is 10.4 Å². The Hall–Kier alpha value is -2.11. The van der Waals surface area contributed by atoms with Crippen LogP contribution in [0.4, 0.5) is 5.69 Å². The minimum atomic E-state index is -0.0911. The molecule has 0 saturated heterocycles. The number of methoxy groups -OCH3 is 1. The molecule has 0 aliphatic heterocycles. The van der Waals surface area contributed by atoms with Gasteiger partial charge in [-0.2, -0.15) is 11.3 Å². The van der Waals surface area contributed by atoms with Crippen LogP contribution in [0.3, 0.4) is 0 Å². The highest BCUT2D eigenvalue weighted by Crippen LogP contribution is 2.30. The van der Waals surface area contributed by atoms with Gasteiger partial charge in [-0.25, -0.2) is 0 Å². The van der Waals surface area contributed by atoms with E-state index in [-0.39, 0.29) is 5.91 Å². The highest BCUT2D eigenvalue weighted by molar-refractivity contribution is 7.18. The quantitative estimate of drug-likeness (QED) is 0.755. The van der Waals surface area contributed by atoms with Gasteiger partial charge in [0.25, 0.3) is 5.91 Å². The van der Waals surface area contributed by atoms with Crippen LogP contribution in [-0.2, 0) is 0 Å². The SMILES string of the molecule is COc1ccc(NC(=O)c2ccc(-c3ccsc3)s2)cc1. The average Bonchev–Trinajstić information content (AvgIpc) is 3.19. The van der Waals surface area contributed by atoms with Gasteiger partial charge in [-0.1, -0.05) is 0 Å². The van der Waals surface area contributed by atoms with E-state index in [9.17, 15) is 4.79 Å². The predicted octanol–water partition coefficient (Wildman–Crippen LogP) is 4.74. The predicted molar refractivity (Wildman–Crippen MR) is 88.6 cm³/mol. The topological polar surface area (TPSA) is 38.3 Å². The molecule has 5 heteroatoms. The molecule has 0 bridgehead atoms. The molecule has 3 nitrogen and oxygen atoms in total. The molecule has 2 heterocycles. The van der Waals surface area contributed by atoms with E-state index in [4.69, 9.17) is 4.74 Å². The molecule has 0 atom stereocenters. The van der Waals surface area contributed by atoms with Crippen molar-refractivity contribution in [3.05, 3.63) is 58.1 Å². The van der Waals surface area contributed by atoms with Gasteiger partial charge in [0.05, 0.1) is 12.0 Å². The molecule has 0 aliphatic rings. The van der Waals surface area contributed by atoms with E-state index in [1.54, 1.807) is 18.4 Å². The van der Waals surface area contributed by atoms with Gasteiger partial charge in [-0.3, -0.25) is 4.79 Å². The van der Waals surface area contributed by atoms with E-state index in [0.29, 0.717) is 4.88 Å². The Bertz CT molecular complexity index is 730. The zero-order chi connectivity index (χ0) is 14.7. The third-order valence-electron chi connectivity index (χ3n) is 2.98. The first kappa shape index (κ1) is 13.9. The maximum atomic E-state index is 12.2. The van der Waals surface area contributed by atoms with Gasteiger partial charge >= 0.3 is 0 Å². The first-order valence-electron chi connectivity index (χ1n) is 6.34. The van der Waals surface area contributed by atoms with Crippen LogP contribution in [0.1, 0.15) is 9.67 Å². The Labute approximate surface area is 130 Å². The Morgan fingerprint density at radius 1 is 1.10 bits per heavy atom. The summed E-state index contributed by atoms with van der Waals surface area (Å²) in [7, 11) is 1.62. The maximum Gasteiger partial charge on any atom is 0.265 e. The smallest absolute Gasteiger partial charge is 0.265 e. The number of anilines is 1. The van der Waals surface area contributed by atoms with E-state index in [1.807, 2.05) is 41.8 Å². The van der Waals surface area contributed by atoms with Crippen molar-refractivity contribution in [3.63, 3.8) is 0 Å². The number of thiophene rings is 2. The molecule has 0 aliphatic carbocycles. The van der Waals surface area contributed by atoms with Gasteiger partial charge in [0.2, 0.25) is 0 Å². The number of rotatable bonds is 4. The van der Waals surface area contributed by atoms with Crippen molar-refractivity contribution in [2.24, 2.45) is 0 Å². The summed E-state index contributed by atoms with van der Waals surface area (Å²) in [6, 6.07) is 13.2. The zero-order valence-electron chi connectivity index (χ0n) is 11.3. The lowest BCUT2D eigenvalue weighted by Gasteiger charge is -2.04. The van der Waals surface area contributed by atoms with Crippen LogP contribution in [0.15, 0.2) is 53.2 Å². The number of carbonyl (C=O) groups excluding carboxylic acids is 1. The number of hydrogen-bond donors (Lipinski definition) is 1. The normalized spacial score (nSPS) is 10.3. The van der Waals surface area contributed by atoms with E-state index >= 15 is 0 Å². The number of ether oxygens (including phenoxy) is 1. The van der Waals surface area contributed by atoms with Crippen LogP contribution in [0, 0.1) is 0 Å². The maximum absolute atomic E-state index is 12.2. The molecule has 1 N–H and O–H groups in total. The van der Waals surface area contributed by atoms with Gasteiger partial charge in [0.15, 0.2) is 0 Å². The zero-order valence-corrected chi connectivity index (χ0v) is 13.0. The number of carbonyl (C=O) groups is 1. The number of nitrogens with one attached hydrogen (secondary N) is 1. The van der Waals surface area contributed by atoms with Gasteiger partial charge in [0.1, 0.15) is 5.75 Å². The molecule has 3 aromatic rings. The first-order chi connectivity index (χ1) is 10.3. The second-order valence-electron chi connectivity index (χ2n) is 4.36. The highest BCUT2D eigenvalue weighted by atomic mass is 32.1. The molecular formula is C16H13NO2S2. The van der Waals surface area contributed by atoms with Crippen molar-refractivity contribution in [2.45, 2.75) is 0 Å². The van der Waals surface area contributed by atoms with E-state index in [0.717, 1.165) is 21.9 Å². The summed E-state index contributed by atoms with van der Waals surface area (Å²) in [6.45, 7) is 0. The Morgan fingerprint density at radius 3 is 2.57 bits per heavy atom. The van der Waals surface area contributed by atoms with Crippen LogP contribution in [-0.4, -0.2) is 13.0 Å². The molecule has 0 saturated carbocycles. The molecule has 0 spiro atoms. The Balaban J connectivity index is 1.73. The molecule has 0 fully saturated rings. The van der Waals surface area contributed by atoms with Crippen molar-refractivity contribution < 1.29 is 9.53 Å². The van der Waals surface area contributed by atoms with Crippen molar-refractivity contribution in [1.29, 1.82) is 0 Å². The molecule has 106 valence electrons. The van der Waals surface area contributed by atoms with Crippen molar-refractivity contribution >= 4 is 34.3 Å².